The third-order valence-corrected chi connectivity index (χ3v) is 4.66. The highest BCUT2D eigenvalue weighted by Crippen LogP contribution is 2.26. The van der Waals surface area contributed by atoms with Crippen molar-refractivity contribution >= 4 is 11.8 Å². The normalized spacial score (nSPS) is 25.7. The zero-order valence-electron chi connectivity index (χ0n) is 12.7. The van der Waals surface area contributed by atoms with Crippen molar-refractivity contribution in [1.82, 2.24) is 14.8 Å². The third kappa shape index (κ3) is 2.69. The smallest absolute Gasteiger partial charge is 0.270 e. The summed E-state index contributed by atoms with van der Waals surface area (Å²) in [7, 11) is 0. The molecule has 1 aromatic heterocycles. The topological polar surface area (TPSA) is 54.3 Å². The lowest BCUT2D eigenvalue weighted by Gasteiger charge is -2.41. The van der Waals surface area contributed by atoms with Crippen LogP contribution in [0.25, 0.3) is 0 Å². The lowest BCUT2D eigenvalue weighted by molar-refractivity contribution is -0.125. The van der Waals surface area contributed by atoms with Crippen LogP contribution in [0.1, 0.15) is 49.6 Å². The van der Waals surface area contributed by atoms with E-state index < -0.39 is 0 Å². The molecule has 5 nitrogen and oxygen atoms in total. The number of carbonyl (C=O) groups excluding carboxylic acids is 2. The number of aromatic nitrogens is 1. The number of amides is 2. The number of carbonyl (C=O) groups is 2. The zero-order valence-corrected chi connectivity index (χ0v) is 12.7. The van der Waals surface area contributed by atoms with Crippen molar-refractivity contribution in [3.63, 3.8) is 0 Å². The molecule has 2 aliphatic heterocycles. The van der Waals surface area contributed by atoms with Gasteiger partial charge < -0.3 is 14.8 Å². The minimum atomic E-state index is 0.115. The van der Waals surface area contributed by atoms with Gasteiger partial charge in [-0.05, 0) is 44.7 Å². The first-order valence-electron chi connectivity index (χ1n) is 7.81. The van der Waals surface area contributed by atoms with E-state index in [-0.39, 0.29) is 23.9 Å². The van der Waals surface area contributed by atoms with E-state index in [1.54, 1.807) is 0 Å². The van der Waals surface area contributed by atoms with Crippen molar-refractivity contribution < 1.29 is 9.59 Å². The number of rotatable bonds is 2. The number of hydrogen-bond donors (Lipinski definition) is 1. The molecule has 1 aromatic rings. The number of nitrogens with one attached hydrogen (secondary N) is 1. The van der Waals surface area contributed by atoms with Crippen molar-refractivity contribution in [3.8, 4) is 0 Å². The van der Waals surface area contributed by atoms with E-state index in [4.69, 9.17) is 0 Å². The van der Waals surface area contributed by atoms with Crippen LogP contribution in [0.5, 0.6) is 0 Å². The van der Waals surface area contributed by atoms with Crippen molar-refractivity contribution in [2.24, 2.45) is 5.92 Å². The Morgan fingerprint density at radius 2 is 2.19 bits per heavy atom. The fourth-order valence-electron chi connectivity index (χ4n) is 3.48. The Morgan fingerprint density at radius 1 is 1.38 bits per heavy atom. The van der Waals surface area contributed by atoms with E-state index in [0.29, 0.717) is 12.3 Å². The van der Waals surface area contributed by atoms with Crippen LogP contribution >= 0.6 is 0 Å². The molecule has 0 radical (unpaired) electrons. The Hall–Kier alpha value is -1.78. The molecule has 1 N–H and O–H groups in total. The van der Waals surface area contributed by atoms with Gasteiger partial charge in [0.1, 0.15) is 5.69 Å². The van der Waals surface area contributed by atoms with Crippen molar-refractivity contribution in [2.45, 2.75) is 45.2 Å². The van der Waals surface area contributed by atoms with E-state index in [1.807, 2.05) is 27.8 Å². The van der Waals surface area contributed by atoms with Gasteiger partial charge in [0, 0.05) is 37.8 Å². The van der Waals surface area contributed by atoms with Crippen LogP contribution in [0.2, 0.25) is 0 Å². The second-order valence-electron chi connectivity index (χ2n) is 6.41. The van der Waals surface area contributed by atoms with Gasteiger partial charge in [0.2, 0.25) is 5.91 Å². The van der Waals surface area contributed by atoms with Gasteiger partial charge in [-0.2, -0.15) is 0 Å². The summed E-state index contributed by atoms with van der Waals surface area (Å²) < 4.78 is 2.02. The fraction of sp³-hybridized carbons (Fsp3) is 0.625. The number of piperidine rings is 2. The molecule has 3 rings (SSSR count). The van der Waals surface area contributed by atoms with Crippen LogP contribution in [-0.2, 0) is 4.79 Å². The Bertz CT molecular complexity index is 549. The molecule has 0 aliphatic carbocycles. The molecule has 0 aromatic carbocycles. The number of hydrogen-bond acceptors (Lipinski definition) is 2. The monoisotopic (exact) mass is 289 g/mol. The first-order valence-corrected chi connectivity index (χ1v) is 7.81. The van der Waals surface area contributed by atoms with Gasteiger partial charge in [0.15, 0.2) is 0 Å². The minimum Gasteiger partial charge on any atom is -0.353 e. The highest BCUT2D eigenvalue weighted by Gasteiger charge is 2.35. The van der Waals surface area contributed by atoms with E-state index in [9.17, 15) is 9.59 Å². The van der Waals surface area contributed by atoms with Gasteiger partial charge >= 0.3 is 0 Å². The van der Waals surface area contributed by atoms with Gasteiger partial charge in [-0.3, -0.25) is 9.59 Å². The Kier molecular flexibility index (Phi) is 3.74. The third-order valence-electron chi connectivity index (χ3n) is 4.66. The minimum absolute atomic E-state index is 0.115. The van der Waals surface area contributed by atoms with Gasteiger partial charge in [0.25, 0.3) is 5.91 Å². The highest BCUT2D eigenvalue weighted by molar-refractivity contribution is 5.93. The van der Waals surface area contributed by atoms with Crippen molar-refractivity contribution in [2.75, 3.05) is 13.1 Å². The average molecular weight is 289 g/mol. The second-order valence-corrected chi connectivity index (χ2v) is 6.41. The standard InChI is InChI=1S/C16H23N3O2/c1-11(2)19-8-3-4-14(19)16(21)18-9-7-13-12(10-18)5-6-15(20)17-13/h3-4,8,11-13H,5-7,9-10H2,1-2H3,(H,17,20). The summed E-state index contributed by atoms with van der Waals surface area (Å²) in [5.74, 6) is 0.677. The van der Waals surface area contributed by atoms with Crippen LogP contribution in [0, 0.1) is 5.92 Å². The highest BCUT2D eigenvalue weighted by atomic mass is 16.2. The Balaban J connectivity index is 1.72. The van der Waals surface area contributed by atoms with Crippen LogP contribution in [0.3, 0.4) is 0 Å². The lowest BCUT2D eigenvalue weighted by atomic mass is 9.85. The summed E-state index contributed by atoms with van der Waals surface area (Å²) in [5, 5.41) is 3.06. The molecule has 21 heavy (non-hydrogen) atoms. The van der Waals surface area contributed by atoms with Gasteiger partial charge in [-0.1, -0.05) is 0 Å². The molecular formula is C16H23N3O2. The second kappa shape index (κ2) is 5.54. The van der Waals surface area contributed by atoms with E-state index >= 15 is 0 Å². The van der Waals surface area contributed by atoms with Crippen LogP contribution in [0.15, 0.2) is 18.3 Å². The Labute approximate surface area is 125 Å². The molecule has 2 aliphatic rings. The predicted octanol–water partition coefficient (Wildman–Crippen LogP) is 1.81. The molecule has 2 atom stereocenters. The van der Waals surface area contributed by atoms with Gasteiger partial charge in [-0.15, -0.1) is 0 Å². The molecule has 2 saturated heterocycles. The molecule has 0 spiro atoms. The quantitative estimate of drug-likeness (QED) is 0.902. The SMILES string of the molecule is CC(C)n1cccc1C(=O)N1CCC2NC(=O)CCC2C1. The van der Waals surface area contributed by atoms with Gasteiger partial charge in [0.05, 0.1) is 0 Å². The number of fused-ring (bicyclic) bond motifs is 1. The van der Waals surface area contributed by atoms with Gasteiger partial charge in [-0.25, -0.2) is 0 Å². The molecule has 5 heteroatoms. The van der Waals surface area contributed by atoms with E-state index in [1.165, 1.54) is 0 Å². The lowest BCUT2D eigenvalue weighted by Crippen LogP contribution is -2.55. The van der Waals surface area contributed by atoms with Crippen molar-refractivity contribution in [1.29, 1.82) is 0 Å². The molecule has 0 bridgehead atoms. The maximum atomic E-state index is 12.7. The first-order chi connectivity index (χ1) is 10.1. The molecule has 0 saturated carbocycles. The maximum Gasteiger partial charge on any atom is 0.270 e. The number of likely N-dealkylation sites (tertiary alicyclic amines) is 1. The summed E-state index contributed by atoms with van der Waals surface area (Å²) in [4.78, 5) is 26.1. The molecule has 3 heterocycles. The number of nitrogens with zero attached hydrogens (tertiary/aromatic N) is 2. The largest absolute Gasteiger partial charge is 0.353 e. The average Bonchev–Trinajstić information content (AvgIpc) is 2.95. The fourth-order valence-corrected chi connectivity index (χ4v) is 3.48. The molecular weight excluding hydrogens is 266 g/mol. The van der Waals surface area contributed by atoms with E-state index in [2.05, 4.69) is 19.2 Å². The zero-order chi connectivity index (χ0) is 15.0. The van der Waals surface area contributed by atoms with Crippen LogP contribution in [-0.4, -0.2) is 40.4 Å². The first kappa shape index (κ1) is 14.2. The molecule has 114 valence electrons. The summed E-state index contributed by atoms with van der Waals surface area (Å²) in [6.45, 7) is 5.65. The molecule has 2 unspecified atom stereocenters. The van der Waals surface area contributed by atoms with E-state index in [0.717, 1.165) is 31.6 Å². The summed E-state index contributed by atoms with van der Waals surface area (Å²) in [6.07, 6.45) is 4.31. The van der Waals surface area contributed by atoms with Crippen molar-refractivity contribution in [3.05, 3.63) is 24.0 Å². The predicted molar refractivity (Wildman–Crippen MR) is 80.0 cm³/mol. The molecule has 2 amide bonds. The maximum absolute atomic E-state index is 12.7. The summed E-state index contributed by atoms with van der Waals surface area (Å²) >= 11 is 0. The summed E-state index contributed by atoms with van der Waals surface area (Å²) in [5.41, 5.74) is 0.767. The Morgan fingerprint density at radius 3 is 2.95 bits per heavy atom. The van der Waals surface area contributed by atoms with Crippen LogP contribution < -0.4 is 5.32 Å². The molecule has 2 fully saturated rings. The summed E-state index contributed by atoms with van der Waals surface area (Å²) in [6, 6.07) is 4.37. The van der Waals surface area contributed by atoms with Crippen LogP contribution in [0.4, 0.5) is 0 Å².